The summed E-state index contributed by atoms with van der Waals surface area (Å²) in [4.78, 5) is 12.1. The Morgan fingerprint density at radius 1 is 1.17 bits per heavy atom. The average Bonchev–Trinajstić information content (AvgIpc) is 2.90. The van der Waals surface area contributed by atoms with Crippen LogP contribution in [0.25, 0.3) is 11.0 Å². The minimum Gasteiger partial charge on any atom is -0.603 e. The van der Waals surface area contributed by atoms with Gasteiger partial charge in [0.2, 0.25) is 0 Å². The molecule has 1 aromatic heterocycles. The topological polar surface area (TPSA) is 54.3 Å². The molecule has 24 heavy (non-hydrogen) atoms. The second-order valence-corrected chi connectivity index (χ2v) is 7.01. The first-order chi connectivity index (χ1) is 9.99. The Balaban J connectivity index is 0.000000960. The van der Waals surface area contributed by atoms with Gasteiger partial charge in [0.05, 0.1) is 0 Å². The van der Waals surface area contributed by atoms with E-state index in [1.54, 1.807) is 0 Å². The van der Waals surface area contributed by atoms with Gasteiger partial charge in [0.1, 0.15) is 0 Å². The molecule has 1 spiro atoms. The molecular weight excluding hydrogens is 588 g/mol. The number of furan rings is 1. The average molecular weight is 606 g/mol. The van der Waals surface area contributed by atoms with E-state index in [1.165, 1.54) is 0 Å². The summed E-state index contributed by atoms with van der Waals surface area (Å²) in [6.45, 7) is 4.58. The van der Waals surface area contributed by atoms with Crippen LogP contribution in [0.3, 0.4) is 0 Å². The largest absolute Gasteiger partial charge is 0.603 e. The number of urea groups is 1. The summed E-state index contributed by atoms with van der Waals surface area (Å²) < 4.78 is 5.59. The fraction of sp³-hybridized carbons (Fsp3) is 0.471. The molecule has 0 unspecified atom stereocenters. The van der Waals surface area contributed by atoms with E-state index in [9.17, 15) is 4.79 Å². The second kappa shape index (κ2) is 7.97. The van der Waals surface area contributed by atoms with Crippen molar-refractivity contribution in [1.82, 2.24) is 5.32 Å². The summed E-state index contributed by atoms with van der Waals surface area (Å²) in [6, 6.07) is 6.71. The van der Waals surface area contributed by atoms with Gasteiger partial charge in [0.25, 0.3) is 0 Å². The summed E-state index contributed by atoms with van der Waals surface area (Å²) in [5.41, 5.74) is 2.59. The normalized spacial score (nSPS) is 19.8. The van der Waals surface area contributed by atoms with Crippen molar-refractivity contribution in [3.63, 3.8) is 0 Å². The molecule has 0 saturated heterocycles. The van der Waals surface area contributed by atoms with Crippen LogP contribution in [0, 0.1) is 17.7 Å². The molecule has 4 rings (SSSR count). The number of hydrogen-bond acceptors (Lipinski definition) is 2. The molecule has 0 atom stereocenters. The number of carbonyl (C=O) groups is 1. The Kier molecular flexibility index (Phi) is 7.45. The van der Waals surface area contributed by atoms with E-state index < -0.39 is 0 Å². The van der Waals surface area contributed by atoms with Gasteiger partial charge in [0, 0.05) is 77.9 Å². The number of anilines is 1. The fourth-order valence-corrected chi connectivity index (χ4v) is 3.62. The van der Waals surface area contributed by atoms with Crippen molar-refractivity contribution in [3.8, 4) is 0 Å². The summed E-state index contributed by atoms with van der Waals surface area (Å²) >= 11 is 0. The Morgan fingerprint density at radius 3 is 2.50 bits per heavy atom. The SMILES string of the molecule is CC1(C)CCC2(CC1)NC(=O)Nc1[c-]cc3c[c-]oc3c12.[V].[W].[Y]. The molecule has 1 aliphatic heterocycles. The van der Waals surface area contributed by atoms with Gasteiger partial charge in [-0.2, -0.15) is 17.5 Å². The van der Waals surface area contributed by atoms with E-state index in [4.69, 9.17) is 4.42 Å². The minimum absolute atomic E-state index is 0. The third-order valence-electron chi connectivity index (χ3n) is 5.01. The molecule has 2 heterocycles. The summed E-state index contributed by atoms with van der Waals surface area (Å²) in [5.74, 6) is 0. The molecule has 7 heteroatoms. The maximum Gasteiger partial charge on any atom is 0.317 e. The van der Waals surface area contributed by atoms with Crippen LogP contribution < -0.4 is 10.6 Å². The van der Waals surface area contributed by atoms with Crippen molar-refractivity contribution in [1.29, 1.82) is 0 Å². The third-order valence-corrected chi connectivity index (χ3v) is 5.01. The summed E-state index contributed by atoms with van der Waals surface area (Å²) in [7, 11) is 0. The number of hydrogen-bond donors (Lipinski definition) is 2. The monoisotopic (exact) mass is 606 g/mol. The van der Waals surface area contributed by atoms with Crippen LogP contribution in [0.5, 0.6) is 0 Å². The van der Waals surface area contributed by atoms with E-state index in [2.05, 4.69) is 36.8 Å². The molecule has 1 fully saturated rings. The number of rotatable bonds is 0. The predicted molar refractivity (Wildman–Crippen MR) is 80.0 cm³/mol. The number of fused-ring (bicyclic) bond motifs is 4. The van der Waals surface area contributed by atoms with Crippen molar-refractivity contribution in [2.75, 3.05) is 5.32 Å². The van der Waals surface area contributed by atoms with Crippen molar-refractivity contribution >= 4 is 22.7 Å². The molecule has 1 aromatic carbocycles. The van der Waals surface area contributed by atoms with E-state index in [1.807, 2.05) is 12.1 Å². The van der Waals surface area contributed by atoms with Crippen molar-refractivity contribution in [2.24, 2.45) is 5.41 Å². The van der Waals surface area contributed by atoms with Gasteiger partial charge in [-0.05, 0) is 37.4 Å². The van der Waals surface area contributed by atoms with Gasteiger partial charge < -0.3 is 15.1 Å². The van der Waals surface area contributed by atoms with Gasteiger partial charge >= 0.3 is 6.03 Å². The van der Waals surface area contributed by atoms with Crippen LogP contribution >= 0.6 is 0 Å². The fourth-order valence-electron chi connectivity index (χ4n) is 3.62. The quantitative estimate of drug-likeness (QED) is 0.447. The summed E-state index contributed by atoms with van der Waals surface area (Å²) in [5, 5.41) is 7.00. The molecule has 2 amide bonds. The zero-order chi connectivity index (χ0) is 14.7. The molecule has 124 valence electrons. The number of benzene rings is 1. The molecule has 2 N–H and O–H groups in total. The van der Waals surface area contributed by atoms with Crippen LogP contribution in [0.1, 0.15) is 45.1 Å². The Bertz CT molecular complexity index is 737. The van der Waals surface area contributed by atoms with E-state index in [0.717, 1.165) is 47.9 Å². The smallest absolute Gasteiger partial charge is 0.317 e. The van der Waals surface area contributed by atoms with Crippen LogP contribution in [0.4, 0.5) is 10.5 Å². The first-order valence-corrected chi connectivity index (χ1v) is 7.43. The van der Waals surface area contributed by atoms with E-state index >= 15 is 0 Å². The van der Waals surface area contributed by atoms with Crippen LogP contribution in [-0.4, -0.2) is 6.03 Å². The molecule has 0 bridgehead atoms. The Hall–Kier alpha value is 0.407. The number of nitrogens with one attached hydrogen (secondary N) is 2. The molecule has 1 saturated carbocycles. The van der Waals surface area contributed by atoms with Gasteiger partial charge in [-0.1, -0.05) is 25.1 Å². The first kappa shape index (κ1) is 22.4. The molecular formula is C17H18N2O2VWY-2. The van der Waals surface area contributed by atoms with Crippen LogP contribution in [0.15, 0.2) is 16.5 Å². The predicted octanol–water partition coefficient (Wildman–Crippen LogP) is 3.96. The molecule has 4 nitrogen and oxygen atoms in total. The van der Waals surface area contributed by atoms with E-state index in [-0.39, 0.29) is 83.9 Å². The van der Waals surface area contributed by atoms with Crippen LogP contribution in [-0.2, 0) is 77.9 Å². The molecule has 2 aliphatic rings. The number of carbonyl (C=O) groups excluding carboxylic acids is 1. The zero-order valence-corrected chi connectivity index (χ0v) is 20.9. The zero-order valence-electron chi connectivity index (χ0n) is 13.7. The standard InChI is InChI=1S/C17H18N2O2.V.W.Y/c1-16(2)6-8-17(9-7-16)13-12(18-15(20)19-17)4-3-11-5-10-21-14(11)13;;;/h3,5H,6-9H2,1-2H3,(H2,18,19,20);;;/q-2;;;. The van der Waals surface area contributed by atoms with Crippen molar-refractivity contribution in [3.05, 3.63) is 30.0 Å². The van der Waals surface area contributed by atoms with Gasteiger partial charge in [-0.15, -0.1) is 11.6 Å². The third kappa shape index (κ3) is 3.74. The summed E-state index contributed by atoms with van der Waals surface area (Å²) in [6.07, 6.45) is 6.80. The molecule has 2 aromatic rings. The molecule has 2 radical (unpaired) electrons. The van der Waals surface area contributed by atoms with Gasteiger partial charge in [0.15, 0.2) is 0 Å². The second-order valence-electron chi connectivity index (χ2n) is 7.01. The maximum absolute atomic E-state index is 12.1. The Morgan fingerprint density at radius 2 is 1.83 bits per heavy atom. The van der Waals surface area contributed by atoms with Gasteiger partial charge in [-0.25, -0.2) is 4.79 Å². The maximum atomic E-state index is 12.1. The van der Waals surface area contributed by atoms with E-state index in [0.29, 0.717) is 5.41 Å². The van der Waals surface area contributed by atoms with Gasteiger partial charge in [-0.3, -0.25) is 0 Å². The van der Waals surface area contributed by atoms with Crippen molar-refractivity contribution in [2.45, 2.75) is 45.1 Å². The Labute approximate surface area is 193 Å². The first-order valence-electron chi connectivity index (χ1n) is 7.43. The molecule has 1 aliphatic carbocycles. The van der Waals surface area contributed by atoms with Crippen molar-refractivity contribution < 1.29 is 81.5 Å². The minimum atomic E-state index is -0.338. The number of amides is 2. The van der Waals surface area contributed by atoms with Crippen LogP contribution in [0.2, 0.25) is 0 Å².